The highest BCUT2D eigenvalue weighted by Crippen LogP contribution is 2.29. The van der Waals surface area contributed by atoms with Gasteiger partial charge >= 0.3 is 5.69 Å². The summed E-state index contributed by atoms with van der Waals surface area (Å²) < 4.78 is 5.05. The second-order valence-corrected chi connectivity index (χ2v) is 4.91. The molecule has 0 bridgehead atoms. The zero-order valence-corrected chi connectivity index (χ0v) is 12.0. The minimum atomic E-state index is -0.433. The lowest BCUT2D eigenvalue weighted by Gasteiger charge is -2.21. The molecule has 0 radical (unpaired) electrons. The van der Waals surface area contributed by atoms with Crippen molar-refractivity contribution in [1.82, 2.24) is 9.97 Å². The van der Waals surface area contributed by atoms with E-state index in [2.05, 4.69) is 9.97 Å². The van der Waals surface area contributed by atoms with Gasteiger partial charge in [-0.2, -0.15) is 4.98 Å². The molecule has 2 heterocycles. The molecule has 0 saturated carbocycles. The predicted octanol–water partition coefficient (Wildman–Crippen LogP) is 2.48. The summed E-state index contributed by atoms with van der Waals surface area (Å²) in [6.07, 6.45) is 1.75. The lowest BCUT2D eigenvalue weighted by Crippen LogP contribution is -2.23. The smallest absolute Gasteiger partial charge is 0.311 e. The Morgan fingerprint density at radius 1 is 1.50 bits per heavy atom. The molecule has 0 N–H and O–H groups in total. The van der Waals surface area contributed by atoms with E-state index in [0.717, 1.165) is 4.88 Å². The molecule has 0 aromatic carbocycles. The van der Waals surface area contributed by atoms with Crippen LogP contribution in [0.4, 0.5) is 11.5 Å². The van der Waals surface area contributed by atoms with Crippen molar-refractivity contribution in [2.75, 3.05) is 18.6 Å². The van der Waals surface area contributed by atoms with E-state index in [0.29, 0.717) is 24.8 Å². The fraction of sp³-hybridized carbons (Fsp3) is 0.333. The highest BCUT2D eigenvalue weighted by Gasteiger charge is 2.21. The van der Waals surface area contributed by atoms with Gasteiger partial charge in [-0.25, -0.2) is 0 Å². The standard InChI is InChI=1S/C12H14N4O3S/c1-3-15(7-9-6-13-8-20-9)12-10(16(17)18)4-5-11(14-12)19-2/h4-6,8H,3,7H2,1-2H3. The maximum atomic E-state index is 11.1. The summed E-state index contributed by atoms with van der Waals surface area (Å²) in [5.41, 5.74) is 1.70. The van der Waals surface area contributed by atoms with E-state index >= 15 is 0 Å². The average molecular weight is 294 g/mol. The van der Waals surface area contributed by atoms with Gasteiger partial charge in [-0.3, -0.25) is 15.1 Å². The van der Waals surface area contributed by atoms with Crippen LogP contribution in [0.15, 0.2) is 23.8 Å². The third kappa shape index (κ3) is 3.02. The zero-order valence-electron chi connectivity index (χ0n) is 11.1. The van der Waals surface area contributed by atoms with Crippen molar-refractivity contribution in [3.05, 3.63) is 38.8 Å². The van der Waals surface area contributed by atoms with Gasteiger partial charge in [-0.1, -0.05) is 0 Å². The van der Waals surface area contributed by atoms with E-state index in [9.17, 15) is 10.1 Å². The third-order valence-electron chi connectivity index (χ3n) is 2.75. The second-order valence-electron chi connectivity index (χ2n) is 3.94. The maximum absolute atomic E-state index is 11.1. The van der Waals surface area contributed by atoms with Crippen LogP contribution in [-0.4, -0.2) is 28.5 Å². The Kier molecular flexibility index (Phi) is 4.46. The van der Waals surface area contributed by atoms with Crippen LogP contribution < -0.4 is 9.64 Å². The zero-order chi connectivity index (χ0) is 14.5. The molecule has 2 rings (SSSR count). The molecule has 0 spiro atoms. The molecule has 0 aliphatic heterocycles. The van der Waals surface area contributed by atoms with Gasteiger partial charge < -0.3 is 9.64 Å². The summed E-state index contributed by atoms with van der Waals surface area (Å²) in [6, 6.07) is 2.90. The molecule has 0 unspecified atom stereocenters. The molecule has 0 atom stereocenters. The van der Waals surface area contributed by atoms with Crippen molar-refractivity contribution in [1.29, 1.82) is 0 Å². The number of pyridine rings is 1. The Morgan fingerprint density at radius 3 is 2.85 bits per heavy atom. The molecule has 106 valence electrons. The highest BCUT2D eigenvalue weighted by molar-refractivity contribution is 7.09. The molecule has 0 aliphatic carbocycles. The van der Waals surface area contributed by atoms with Gasteiger partial charge in [-0.05, 0) is 6.92 Å². The van der Waals surface area contributed by atoms with Gasteiger partial charge in [0.05, 0.1) is 24.1 Å². The molecule has 0 aliphatic rings. The lowest BCUT2D eigenvalue weighted by atomic mass is 10.3. The first-order valence-electron chi connectivity index (χ1n) is 5.97. The Balaban J connectivity index is 2.38. The van der Waals surface area contributed by atoms with E-state index in [-0.39, 0.29) is 5.69 Å². The van der Waals surface area contributed by atoms with Crippen molar-refractivity contribution in [3.63, 3.8) is 0 Å². The van der Waals surface area contributed by atoms with Crippen LogP contribution in [0.5, 0.6) is 5.88 Å². The van der Waals surface area contributed by atoms with Crippen LogP contribution in [-0.2, 0) is 6.54 Å². The molecule has 0 saturated heterocycles. The molecular formula is C12H14N4O3S. The largest absolute Gasteiger partial charge is 0.481 e. The predicted molar refractivity (Wildman–Crippen MR) is 76.3 cm³/mol. The number of aromatic nitrogens is 2. The second kappa shape index (κ2) is 6.29. The van der Waals surface area contributed by atoms with Gasteiger partial charge in [0, 0.05) is 29.8 Å². The summed E-state index contributed by atoms with van der Waals surface area (Å²) in [6.45, 7) is 3.05. The third-order valence-corrected chi connectivity index (χ3v) is 3.51. The van der Waals surface area contributed by atoms with Crippen LogP contribution in [0.25, 0.3) is 0 Å². The number of nitrogens with zero attached hydrogens (tertiary/aromatic N) is 4. The summed E-state index contributed by atoms with van der Waals surface area (Å²) >= 11 is 1.50. The number of methoxy groups -OCH3 is 1. The summed E-state index contributed by atoms with van der Waals surface area (Å²) in [5, 5.41) is 11.1. The van der Waals surface area contributed by atoms with Crippen LogP contribution in [0.3, 0.4) is 0 Å². The lowest BCUT2D eigenvalue weighted by molar-refractivity contribution is -0.384. The first kappa shape index (κ1) is 14.2. The average Bonchev–Trinajstić information content (AvgIpc) is 2.97. The minimum absolute atomic E-state index is 0.0304. The van der Waals surface area contributed by atoms with Crippen LogP contribution >= 0.6 is 11.3 Å². The number of anilines is 1. The Bertz CT molecular complexity index is 588. The summed E-state index contributed by atoms with van der Waals surface area (Å²) in [5.74, 6) is 0.665. The number of thiazole rings is 1. The Morgan fingerprint density at radius 2 is 2.30 bits per heavy atom. The monoisotopic (exact) mass is 294 g/mol. The molecular weight excluding hydrogens is 280 g/mol. The van der Waals surface area contributed by atoms with E-state index < -0.39 is 4.92 Å². The van der Waals surface area contributed by atoms with E-state index in [1.54, 1.807) is 11.7 Å². The van der Waals surface area contributed by atoms with Gasteiger partial charge in [0.15, 0.2) is 0 Å². The number of nitro groups is 1. The van der Waals surface area contributed by atoms with E-state index in [1.165, 1.54) is 30.6 Å². The van der Waals surface area contributed by atoms with Gasteiger partial charge in [0.25, 0.3) is 0 Å². The van der Waals surface area contributed by atoms with Crippen molar-refractivity contribution in [3.8, 4) is 5.88 Å². The Hall–Kier alpha value is -2.22. The number of rotatable bonds is 6. The first-order valence-corrected chi connectivity index (χ1v) is 6.85. The molecule has 0 amide bonds. The van der Waals surface area contributed by atoms with Gasteiger partial charge in [0.2, 0.25) is 11.7 Å². The highest BCUT2D eigenvalue weighted by atomic mass is 32.1. The molecule has 2 aromatic rings. The molecule has 0 fully saturated rings. The molecule has 7 nitrogen and oxygen atoms in total. The van der Waals surface area contributed by atoms with Crippen molar-refractivity contribution in [2.45, 2.75) is 13.5 Å². The van der Waals surface area contributed by atoms with Crippen molar-refractivity contribution >= 4 is 22.8 Å². The first-order chi connectivity index (χ1) is 9.65. The van der Waals surface area contributed by atoms with Crippen LogP contribution in [0.1, 0.15) is 11.8 Å². The van der Waals surface area contributed by atoms with E-state index in [4.69, 9.17) is 4.74 Å². The number of ether oxygens (including phenoxy) is 1. The Labute approximate surface area is 120 Å². The SMILES string of the molecule is CCN(Cc1cncs1)c1nc(OC)ccc1[N+](=O)[O-]. The number of hydrogen-bond donors (Lipinski definition) is 0. The van der Waals surface area contributed by atoms with Crippen LogP contribution in [0.2, 0.25) is 0 Å². The fourth-order valence-electron chi connectivity index (χ4n) is 1.76. The maximum Gasteiger partial charge on any atom is 0.311 e. The summed E-state index contributed by atoms with van der Waals surface area (Å²) in [7, 11) is 1.48. The molecule has 2 aromatic heterocycles. The van der Waals surface area contributed by atoms with Crippen LogP contribution in [0, 0.1) is 10.1 Å². The van der Waals surface area contributed by atoms with Crippen molar-refractivity contribution < 1.29 is 9.66 Å². The topological polar surface area (TPSA) is 81.4 Å². The molecule has 8 heteroatoms. The van der Waals surface area contributed by atoms with E-state index in [1.807, 2.05) is 11.8 Å². The molecule has 20 heavy (non-hydrogen) atoms. The fourth-order valence-corrected chi connectivity index (χ4v) is 2.37. The quantitative estimate of drug-likeness (QED) is 0.601. The summed E-state index contributed by atoms with van der Waals surface area (Å²) in [4.78, 5) is 21.8. The normalized spacial score (nSPS) is 10.3. The van der Waals surface area contributed by atoms with Gasteiger partial charge in [0.1, 0.15) is 0 Å². The minimum Gasteiger partial charge on any atom is -0.481 e. The van der Waals surface area contributed by atoms with Gasteiger partial charge in [-0.15, -0.1) is 11.3 Å². The van der Waals surface area contributed by atoms with Crippen molar-refractivity contribution in [2.24, 2.45) is 0 Å². The number of hydrogen-bond acceptors (Lipinski definition) is 7.